The summed E-state index contributed by atoms with van der Waals surface area (Å²) >= 11 is 1.23. The molecule has 0 atom stereocenters. The number of nitrogens with one attached hydrogen (secondary N) is 1. The molecule has 23 heavy (non-hydrogen) atoms. The summed E-state index contributed by atoms with van der Waals surface area (Å²) in [4.78, 5) is 24.2. The summed E-state index contributed by atoms with van der Waals surface area (Å²) in [5.74, 6) is -0.604. The van der Waals surface area contributed by atoms with Gasteiger partial charge in [-0.1, -0.05) is 29.0 Å². The van der Waals surface area contributed by atoms with E-state index in [0.29, 0.717) is 5.13 Å². The summed E-state index contributed by atoms with van der Waals surface area (Å²) in [6, 6.07) is 8.90. The Morgan fingerprint density at radius 3 is 2.52 bits per heavy atom. The Morgan fingerprint density at radius 1 is 1.13 bits per heavy atom. The molecule has 8 heteroatoms. The van der Waals surface area contributed by atoms with Gasteiger partial charge in [0.1, 0.15) is 5.01 Å². The monoisotopic (exact) mass is 327 g/mol. The van der Waals surface area contributed by atoms with Crippen LogP contribution in [0.2, 0.25) is 0 Å². The number of hydrogen-bond donors (Lipinski definition) is 1. The van der Waals surface area contributed by atoms with E-state index in [1.54, 1.807) is 6.92 Å². The lowest BCUT2D eigenvalue weighted by Crippen LogP contribution is -2.25. The highest BCUT2D eigenvalue weighted by atomic mass is 32.1. The van der Waals surface area contributed by atoms with Crippen molar-refractivity contribution < 1.29 is 4.79 Å². The molecule has 0 aliphatic heterocycles. The number of carbonyl (C=O) groups excluding carboxylic acids is 1. The van der Waals surface area contributed by atoms with Crippen molar-refractivity contribution in [2.45, 2.75) is 13.8 Å². The molecule has 1 amide bonds. The van der Waals surface area contributed by atoms with Gasteiger partial charge in [-0.25, -0.2) is 4.68 Å². The van der Waals surface area contributed by atoms with Crippen molar-refractivity contribution in [1.29, 1.82) is 0 Å². The van der Waals surface area contributed by atoms with E-state index in [1.165, 1.54) is 28.3 Å². The van der Waals surface area contributed by atoms with E-state index in [2.05, 4.69) is 20.6 Å². The predicted molar refractivity (Wildman–Crippen MR) is 87.2 cm³/mol. The lowest BCUT2D eigenvalue weighted by atomic mass is 10.2. The van der Waals surface area contributed by atoms with Crippen LogP contribution in [-0.4, -0.2) is 25.9 Å². The highest BCUT2D eigenvalue weighted by molar-refractivity contribution is 7.15. The molecular formula is C15H13N5O2S. The second kappa shape index (κ2) is 6.09. The molecule has 0 spiro atoms. The zero-order chi connectivity index (χ0) is 16.4. The maximum atomic E-state index is 12.2. The zero-order valence-corrected chi connectivity index (χ0v) is 13.3. The van der Waals surface area contributed by atoms with Crippen molar-refractivity contribution in [1.82, 2.24) is 20.0 Å². The third-order valence-corrected chi connectivity index (χ3v) is 3.82. The first kappa shape index (κ1) is 15.0. The average molecular weight is 327 g/mol. The van der Waals surface area contributed by atoms with Crippen LogP contribution in [0.4, 0.5) is 5.13 Å². The Hall–Kier alpha value is -2.87. The van der Waals surface area contributed by atoms with Crippen LogP contribution in [0.25, 0.3) is 5.69 Å². The van der Waals surface area contributed by atoms with Gasteiger partial charge in [0.25, 0.3) is 5.91 Å². The summed E-state index contributed by atoms with van der Waals surface area (Å²) in [7, 11) is 0. The molecule has 0 bridgehead atoms. The smallest absolute Gasteiger partial charge is 0.282 e. The summed E-state index contributed by atoms with van der Waals surface area (Å²) in [5.41, 5.74) is 1.23. The molecule has 0 fully saturated rings. The topological polar surface area (TPSA) is 89.8 Å². The number of nitrogens with zero attached hydrogens (tertiary/aromatic N) is 4. The highest BCUT2D eigenvalue weighted by Gasteiger charge is 2.15. The van der Waals surface area contributed by atoms with Crippen LogP contribution in [0.5, 0.6) is 0 Å². The Bertz CT molecular complexity index is 914. The van der Waals surface area contributed by atoms with Gasteiger partial charge in [0.05, 0.1) is 5.69 Å². The fraction of sp³-hybridized carbons (Fsp3) is 0.133. The van der Waals surface area contributed by atoms with E-state index in [-0.39, 0.29) is 5.69 Å². The summed E-state index contributed by atoms with van der Waals surface area (Å²) in [6.45, 7) is 3.75. The van der Waals surface area contributed by atoms with E-state index in [1.807, 2.05) is 31.2 Å². The van der Waals surface area contributed by atoms with Crippen LogP contribution in [0.1, 0.15) is 21.1 Å². The third-order valence-electron chi connectivity index (χ3n) is 3.07. The van der Waals surface area contributed by atoms with Crippen molar-refractivity contribution in [3.05, 3.63) is 63.0 Å². The molecule has 3 rings (SSSR count). The van der Waals surface area contributed by atoms with Gasteiger partial charge >= 0.3 is 0 Å². The number of benzene rings is 1. The quantitative estimate of drug-likeness (QED) is 0.794. The summed E-state index contributed by atoms with van der Waals surface area (Å²) in [6.07, 6.45) is 1.53. The Morgan fingerprint density at radius 2 is 1.87 bits per heavy atom. The first-order chi connectivity index (χ1) is 11.0. The van der Waals surface area contributed by atoms with Crippen LogP contribution in [0.15, 0.2) is 41.3 Å². The number of anilines is 1. The third kappa shape index (κ3) is 3.32. The van der Waals surface area contributed by atoms with Gasteiger partial charge in [0.2, 0.25) is 10.6 Å². The molecular weight excluding hydrogens is 314 g/mol. The van der Waals surface area contributed by atoms with E-state index in [4.69, 9.17) is 0 Å². The molecule has 3 aromatic rings. The molecule has 0 unspecified atom stereocenters. The van der Waals surface area contributed by atoms with Crippen molar-refractivity contribution in [2.24, 2.45) is 0 Å². The number of amides is 1. The molecule has 0 aliphatic carbocycles. The van der Waals surface area contributed by atoms with Gasteiger partial charge in [0.15, 0.2) is 5.69 Å². The van der Waals surface area contributed by atoms with Gasteiger partial charge in [-0.05, 0) is 26.0 Å². The Kier molecular flexibility index (Phi) is 3.98. The lowest BCUT2D eigenvalue weighted by molar-refractivity contribution is 0.101. The number of aromatic nitrogens is 4. The van der Waals surface area contributed by atoms with Gasteiger partial charge in [-0.3, -0.25) is 14.9 Å². The number of rotatable bonds is 3. The molecule has 7 nitrogen and oxygen atoms in total. The SMILES string of the molecule is Cc1ccc(-n2ccc(=O)c(C(=O)Nc3nnc(C)s3)n2)cc1. The summed E-state index contributed by atoms with van der Waals surface area (Å²) < 4.78 is 1.49. The van der Waals surface area contributed by atoms with Crippen LogP contribution in [-0.2, 0) is 0 Å². The maximum Gasteiger partial charge on any atom is 0.282 e. The fourth-order valence-electron chi connectivity index (χ4n) is 1.91. The molecule has 1 N–H and O–H groups in total. The Balaban J connectivity index is 1.92. The number of carbonyl (C=O) groups is 1. The molecule has 0 saturated heterocycles. The molecule has 0 radical (unpaired) electrons. The normalized spacial score (nSPS) is 10.5. The van der Waals surface area contributed by atoms with Crippen LogP contribution < -0.4 is 10.7 Å². The minimum atomic E-state index is -0.604. The second-order valence-corrected chi connectivity index (χ2v) is 6.07. The van der Waals surface area contributed by atoms with E-state index in [9.17, 15) is 9.59 Å². The highest BCUT2D eigenvalue weighted by Crippen LogP contribution is 2.14. The van der Waals surface area contributed by atoms with Crippen LogP contribution in [0.3, 0.4) is 0 Å². The Labute approximate surface area is 135 Å². The van der Waals surface area contributed by atoms with Crippen molar-refractivity contribution in [2.75, 3.05) is 5.32 Å². The standard InChI is InChI=1S/C15H13N5O2S/c1-9-3-5-11(6-4-9)20-8-7-12(21)13(19-20)14(22)16-15-18-17-10(2)23-15/h3-8H,1-2H3,(H,16,18,22). The van der Waals surface area contributed by atoms with Gasteiger partial charge in [-0.15, -0.1) is 10.2 Å². The number of aryl methyl sites for hydroxylation is 2. The van der Waals surface area contributed by atoms with Gasteiger partial charge in [0, 0.05) is 12.3 Å². The van der Waals surface area contributed by atoms with Gasteiger partial charge in [-0.2, -0.15) is 5.10 Å². The maximum absolute atomic E-state index is 12.2. The van der Waals surface area contributed by atoms with E-state index in [0.717, 1.165) is 16.3 Å². The number of hydrogen-bond acceptors (Lipinski definition) is 6. The van der Waals surface area contributed by atoms with Crippen LogP contribution in [0, 0.1) is 13.8 Å². The first-order valence-corrected chi connectivity index (χ1v) is 7.63. The van der Waals surface area contributed by atoms with E-state index < -0.39 is 11.3 Å². The molecule has 2 aromatic heterocycles. The summed E-state index contributed by atoms with van der Waals surface area (Å²) in [5, 5.41) is 15.3. The van der Waals surface area contributed by atoms with Crippen LogP contribution >= 0.6 is 11.3 Å². The lowest BCUT2D eigenvalue weighted by Gasteiger charge is -2.07. The predicted octanol–water partition coefficient (Wildman–Crippen LogP) is 1.95. The largest absolute Gasteiger partial charge is 0.295 e. The van der Waals surface area contributed by atoms with E-state index >= 15 is 0 Å². The molecule has 0 saturated carbocycles. The fourth-order valence-corrected chi connectivity index (χ4v) is 2.50. The van der Waals surface area contributed by atoms with Gasteiger partial charge < -0.3 is 0 Å². The van der Waals surface area contributed by atoms with Crippen molar-refractivity contribution >= 4 is 22.4 Å². The van der Waals surface area contributed by atoms with Crippen molar-refractivity contribution in [3.63, 3.8) is 0 Å². The second-order valence-electron chi connectivity index (χ2n) is 4.89. The zero-order valence-electron chi connectivity index (χ0n) is 12.5. The molecule has 0 aliphatic rings. The molecule has 116 valence electrons. The molecule has 1 aromatic carbocycles. The average Bonchev–Trinajstić information content (AvgIpc) is 2.93. The first-order valence-electron chi connectivity index (χ1n) is 6.81. The van der Waals surface area contributed by atoms with Crippen molar-refractivity contribution in [3.8, 4) is 5.69 Å². The molecule has 2 heterocycles. The minimum absolute atomic E-state index is 0.194. The minimum Gasteiger partial charge on any atom is -0.295 e.